The van der Waals surface area contributed by atoms with Gasteiger partial charge in [-0.25, -0.2) is 4.79 Å². The van der Waals surface area contributed by atoms with Gasteiger partial charge in [0.05, 0.1) is 11.3 Å². The first kappa shape index (κ1) is 20.0. The Morgan fingerprint density at radius 2 is 2.15 bits per heavy atom. The molecule has 1 aromatic rings. The van der Waals surface area contributed by atoms with Gasteiger partial charge in [0.25, 0.3) is 5.91 Å². The van der Waals surface area contributed by atoms with E-state index in [9.17, 15) is 23.2 Å². The lowest BCUT2D eigenvalue weighted by atomic mass is 10.2. The molecule has 1 heterocycles. The maximum absolute atomic E-state index is 12.2. The zero-order chi connectivity index (χ0) is 19.1. The van der Waals surface area contributed by atoms with Gasteiger partial charge in [0.2, 0.25) is 5.91 Å². The lowest BCUT2D eigenvalue weighted by Gasteiger charge is -2.15. The summed E-state index contributed by atoms with van der Waals surface area (Å²) in [5.74, 6) is -1.44. The standard InChI is InChI=1S/C15H14F2N2O5S2/c16-14(17)24-10-3-1-2-9(6-10)13(22)23-7-11(20)18-4-5-19-12(21)8-26-15(19)25/h1-3,6,14H,4-5,7-8H2,(H,18,20). The van der Waals surface area contributed by atoms with Crippen molar-refractivity contribution in [1.29, 1.82) is 0 Å². The maximum atomic E-state index is 12.2. The summed E-state index contributed by atoms with van der Waals surface area (Å²) in [4.78, 5) is 36.4. The Bertz CT molecular complexity index is 701. The van der Waals surface area contributed by atoms with Crippen LogP contribution in [-0.2, 0) is 14.3 Å². The molecule has 26 heavy (non-hydrogen) atoms. The zero-order valence-corrected chi connectivity index (χ0v) is 14.9. The molecule has 0 spiro atoms. The minimum atomic E-state index is -3.01. The smallest absolute Gasteiger partial charge is 0.387 e. The molecular formula is C15H14F2N2O5S2. The number of rotatable bonds is 8. The van der Waals surface area contributed by atoms with E-state index in [1.807, 2.05) is 0 Å². The lowest BCUT2D eigenvalue weighted by molar-refractivity contribution is -0.126. The molecule has 0 aliphatic carbocycles. The van der Waals surface area contributed by atoms with Crippen LogP contribution in [0, 0.1) is 0 Å². The van der Waals surface area contributed by atoms with Crippen molar-refractivity contribution < 1.29 is 32.6 Å². The Morgan fingerprint density at radius 3 is 2.81 bits per heavy atom. The van der Waals surface area contributed by atoms with Crippen LogP contribution in [-0.4, -0.2) is 59.1 Å². The first-order valence-corrected chi connectivity index (χ1v) is 8.72. The summed E-state index contributed by atoms with van der Waals surface area (Å²) < 4.78 is 33.8. The molecule has 1 N–H and O–H groups in total. The summed E-state index contributed by atoms with van der Waals surface area (Å²) in [7, 11) is 0. The molecule has 7 nitrogen and oxygen atoms in total. The molecule has 11 heteroatoms. The Hall–Kier alpha value is -2.27. The van der Waals surface area contributed by atoms with E-state index in [-0.39, 0.29) is 30.3 Å². The highest BCUT2D eigenvalue weighted by Crippen LogP contribution is 2.18. The SMILES string of the molecule is O=C(COC(=O)c1cccc(OC(F)F)c1)NCCN1C(=O)CSC1=S. The van der Waals surface area contributed by atoms with Crippen molar-refractivity contribution in [2.45, 2.75) is 6.61 Å². The zero-order valence-electron chi connectivity index (χ0n) is 13.3. The summed E-state index contributed by atoms with van der Waals surface area (Å²) in [5, 5.41) is 2.49. The Kier molecular flexibility index (Phi) is 7.27. The Morgan fingerprint density at radius 1 is 1.38 bits per heavy atom. The molecule has 0 aromatic heterocycles. The van der Waals surface area contributed by atoms with E-state index < -0.39 is 25.1 Å². The molecule has 1 aromatic carbocycles. The normalized spacial score (nSPS) is 13.9. The number of thioether (sulfide) groups is 1. The molecule has 1 saturated heterocycles. The highest BCUT2D eigenvalue weighted by molar-refractivity contribution is 8.23. The summed E-state index contributed by atoms with van der Waals surface area (Å²) in [5.41, 5.74) is -0.0269. The minimum Gasteiger partial charge on any atom is -0.452 e. The van der Waals surface area contributed by atoms with Crippen molar-refractivity contribution in [2.75, 3.05) is 25.4 Å². The van der Waals surface area contributed by atoms with Gasteiger partial charge < -0.3 is 14.8 Å². The van der Waals surface area contributed by atoms with Gasteiger partial charge in [0, 0.05) is 13.1 Å². The fourth-order valence-corrected chi connectivity index (χ4v) is 3.09. The van der Waals surface area contributed by atoms with Crippen LogP contribution in [0.25, 0.3) is 0 Å². The molecule has 2 rings (SSSR count). The number of hydrogen-bond donors (Lipinski definition) is 1. The summed E-state index contributed by atoms with van der Waals surface area (Å²) in [6.45, 7) is -3.18. The van der Waals surface area contributed by atoms with Crippen LogP contribution >= 0.6 is 24.0 Å². The van der Waals surface area contributed by atoms with Crippen LogP contribution in [0.1, 0.15) is 10.4 Å². The number of benzene rings is 1. The van der Waals surface area contributed by atoms with Gasteiger partial charge in [-0.15, -0.1) is 0 Å². The average Bonchev–Trinajstić information content (AvgIpc) is 2.91. The topological polar surface area (TPSA) is 84.9 Å². The molecule has 1 fully saturated rings. The summed E-state index contributed by atoms with van der Waals surface area (Å²) >= 11 is 6.26. The summed E-state index contributed by atoms with van der Waals surface area (Å²) in [6, 6.07) is 5.04. The molecule has 0 atom stereocenters. The first-order valence-electron chi connectivity index (χ1n) is 7.32. The third-order valence-corrected chi connectivity index (χ3v) is 4.56. The van der Waals surface area contributed by atoms with Gasteiger partial charge in [-0.3, -0.25) is 14.5 Å². The number of carbonyl (C=O) groups is 3. The molecule has 0 bridgehead atoms. The lowest BCUT2D eigenvalue weighted by Crippen LogP contribution is -2.38. The van der Waals surface area contributed by atoms with Gasteiger partial charge >= 0.3 is 12.6 Å². The highest BCUT2D eigenvalue weighted by atomic mass is 32.2. The van der Waals surface area contributed by atoms with Gasteiger partial charge in [-0.2, -0.15) is 8.78 Å². The van der Waals surface area contributed by atoms with Crippen molar-refractivity contribution in [2.24, 2.45) is 0 Å². The number of carbonyl (C=O) groups excluding carboxylic acids is 3. The second-order valence-corrected chi connectivity index (χ2v) is 6.54. The number of nitrogens with one attached hydrogen (secondary N) is 1. The number of halogens is 2. The van der Waals surface area contributed by atoms with Crippen LogP contribution in [0.3, 0.4) is 0 Å². The molecule has 0 radical (unpaired) electrons. The maximum Gasteiger partial charge on any atom is 0.387 e. The van der Waals surface area contributed by atoms with Gasteiger partial charge in [-0.05, 0) is 18.2 Å². The number of alkyl halides is 2. The fraction of sp³-hybridized carbons (Fsp3) is 0.333. The largest absolute Gasteiger partial charge is 0.452 e. The van der Waals surface area contributed by atoms with E-state index in [0.29, 0.717) is 10.1 Å². The Labute approximate surface area is 157 Å². The van der Waals surface area contributed by atoms with Gasteiger partial charge in [0.1, 0.15) is 10.1 Å². The van der Waals surface area contributed by atoms with Crippen molar-refractivity contribution in [3.8, 4) is 5.75 Å². The molecule has 0 saturated carbocycles. The molecular weight excluding hydrogens is 390 g/mol. The quantitative estimate of drug-likeness (QED) is 0.518. The number of thiocarbonyl (C=S) groups is 1. The third kappa shape index (κ3) is 5.92. The third-order valence-electron chi connectivity index (χ3n) is 3.13. The van der Waals surface area contributed by atoms with Gasteiger partial charge in [-0.1, -0.05) is 30.0 Å². The van der Waals surface area contributed by atoms with Crippen LogP contribution in [0.4, 0.5) is 8.78 Å². The van der Waals surface area contributed by atoms with E-state index in [1.54, 1.807) is 0 Å². The molecule has 2 amide bonds. The molecule has 140 valence electrons. The molecule has 1 aliphatic rings. The first-order chi connectivity index (χ1) is 12.4. The van der Waals surface area contributed by atoms with Crippen LogP contribution in [0.5, 0.6) is 5.75 Å². The monoisotopic (exact) mass is 404 g/mol. The van der Waals surface area contributed by atoms with E-state index in [2.05, 4.69) is 10.1 Å². The van der Waals surface area contributed by atoms with Gasteiger partial charge in [0.15, 0.2) is 6.61 Å². The summed E-state index contributed by atoms with van der Waals surface area (Å²) in [6.07, 6.45) is 0. The fourth-order valence-electron chi connectivity index (χ4n) is 1.97. The highest BCUT2D eigenvalue weighted by Gasteiger charge is 2.26. The van der Waals surface area contributed by atoms with Crippen LogP contribution in [0.2, 0.25) is 0 Å². The number of ether oxygens (including phenoxy) is 2. The van der Waals surface area contributed by atoms with Crippen molar-refractivity contribution in [3.05, 3.63) is 29.8 Å². The Balaban J connectivity index is 1.74. The average molecular weight is 404 g/mol. The minimum absolute atomic E-state index is 0.0269. The molecule has 1 aliphatic heterocycles. The van der Waals surface area contributed by atoms with Crippen molar-refractivity contribution in [3.63, 3.8) is 0 Å². The van der Waals surface area contributed by atoms with E-state index >= 15 is 0 Å². The van der Waals surface area contributed by atoms with E-state index in [0.717, 1.165) is 6.07 Å². The number of esters is 1. The van der Waals surface area contributed by atoms with E-state index in [4.69, 9.17) is 17.0 Å². The van der Waals surface area contributed by atoms with Crippen molar-refractivity contribution >= 4 is 46.1 Å². The number of hydrogen-bond acceptors (Lipinski definition) is 7. The van der Waals surface area contributed by atoms with Crippen LogP contribution < -0.4 is 10.1 Å². The number of nitrogens with zero attached hydrogens (tertiary/aromatic N) is 1. The van der Waals surface area contributed by atoms with Crippen LogP contribution in [0.15, 0.2) is 24.3 Å². The second-order valence-electron chi connectivity index (χ2n) is 4.93. The predicted octanol–water partition coefficient (Wildman–Crippen LogP) is 1.42. The van der Waals surface area contributed by atoms with Crippen molar-refractivity contribution in [1.82, 2.24) is 10.2 Å². The second kappa shape index (κ2) is 9.43. The van der Waals surface area contributed by atoms with E-state index in [1.165, 1.54) is 34.9 Å². The number of amides is 2. The molecule has 0 unspecified atom stereocenters. The predicted molar refractivity (Wildman–Crippen MR) is 93.1 cm³/mol.